The summed E-state index contributed by atoms with van der Waals surface area (Å²) in [6.45, 7) is 1.79. The van der Waals surface area contributed by atoms with E-state index >= 15 is 0 Å². The Balaban J connectivity index is 2.37. The number of nitrogens with two attached hydrogens (primary N) is 1. The van der Waals surface area contributed by atoms with Crippen LogP contribution in [0.3, 0.4) is 0 Å². The summed E-state index contributed by atoms with van der Waals surface area (Å²) in [5.41, 5.74) is 7.48. The minimum atomic E-state index is -3.63. The number of hydrogen-bond acceptors (Lipinski definition) is 4. The van der Waals surface area contributed by atoms with Crippen LogP contribution in [0.1, 0.15) is 5.56 Å². The van der Waals surface area contributed by atoms with E-state index in [-0.39, 0.29) is 5.03 Å². The maximum Gasteiger partial charge on any atom is 0.279 e. The zero-order chi connectivity index (χ0) is 13.3. The Kier molecular flexibility index (Phi) is 3.00. The van der Waals surface area contributed by atoms with E-state index in [0.717, 1.165) is 5.56 Å². The first kappa shape index (κ1) is 12.4. The van der Waals surface area contributed by atoms with Gasteiger partial charge in [0.05, 0.1) is 11.9 Å². The lowest BCUT2D eigenvalue weighted by molar-refractivity contribution is 0.582. The number of rotatable bonds is 3. The Labute approximate surface area is 105 Å². The van der Waals surface area contributed by atoms with Crippen LogP contribution in [0.2, 0.25) is 0 Å². The van der Waals surface area contributed by atoms with Crippen molar-refractivity contribution in [2.75, 3.05) is 10.5 Å². The molecule has 0 amide bonds. The molecule has 18 heavy (non-hydrogen) atoms. The Hall–Kier alpha value is -2.02. The lowest BCUT2D eigenvalue weighted by Gasteiger charge is -2.10. The van der Waals surface area contributed by atoms with Crippen molar-refractivity contribution in [1.29, 1.82) is 0 Å². The van der Waals surface area contributed by atoms with Crippen LogP contribution in [0.4, 0.5) is 11.4 Å². The second-order valence-corrected chi connectivity index (χ2v) is 5.60. The van der Waals surface area contributed by atoms with E-state index in [9.17, 15) is 8.42 Å². The van der Waals surface area contributed by atoms with Gasteiger partial charge in [0.25, 0.3) is 10.0 Å². The number of nitrogens with one attached hydrogen (secondary N) is 1. The SMILES string of the molecule is Cc1cc(N)ccc1NS(=O)(=O)c1ccnn1C. The van der Waals surface area contributed by atoms with E-state index in [1.807, 2.05) is 0 Å². The summed E-state index contributed by atoms with van der Waals surface area (Å²) in [6, 6.07) is 6.43. The van der Waals surface area contributed by atoms with Gasteiger partial charge in [0.15, 0.2) is 5.03 Å². The predicted octanol–water partition coefficient (Wildman–Crippen LogP) is 1.11. The fourth-order valence-corrected chi connectivity index (χ4v) is 2.88. The van der Waals surface area contributed by atoms with Gasteiger partial charge >= 0.3 is 0 Å². The van der Waals surface area contributed by atoms with Crippen molar-refractivity contribution in [3.8, 4) is 0 Å². The van der Waals surface area contributed by atoms with Crippen LogP contribution in [0.15, 0.2) is 35.5 Å². The standard InChI is InChI=1S/C11H14N4O2S/c1-8-7-9(12)3-4-10(8)14-18(16,17)11-5-6-13-15(11)2/h3-7,14H,12H2,1-2H3. The monoisotopic (exact) mass is 266 g/mol. The zero-order valence-electron chi connectivity index (χ0n) is 10.1. The van der Waals surface area contributed by atoms with Crippen molar-refractivity contribution in [2.45, 2.75) is 11.9 Å². The zero-order valence-corrected chi connectivity index (χ0v) is 10.9. The first-order valence-corrected chi connectivity index (χ1v) is 6.75. The summed E-state index contributed by atoms with van der Waals surface area (Å²) >= 11 is 0. The molecule has 2 rings (SSSR count). The fraction of sp³-hybridized carbons (Fsp3) is 0.182. The number of anilines is 2. The van der Waals surface area contributed by atoms with Gasteiger partial charge in [0, 0.05) is 12.7 Å². The van der Waals surface area contributed by atoms with Crippen molar-refractivity contribution >= 4 is 21.4 Å². The molecule has 2 aromatic rings. The lowest BCUT2D eigenvalue weighted by Crippen LogP contribution is -2.17. The highest BCUT2D eigenvalue weighted by molar-refractivity contribution is 7.92. The van der Waals surface area contributed by atoms with E-state index in [2.05, 4.69) is 9.82 Å². The average molecular weight is 266 g/mol. The van der Waals surface area contributed by atoms with Gasteiger partial charge in [-0.2, -0.15) is 13.5 Å². The minimum Gasteiger partial charge on any atom is -0.399 e. The van der Waals surface area contributed by atoms with Gasteiger partial charge in [-0.15, -0.1) is 0 Å². The normalized spacial score (nSPS) is 11.4. The lowest BCUT2D eigenvalue weighted by atomic mass is 10.2. The van der Waals surface area contributed by atoms with Crippen molar-refractivity contribution in [3.05, 3.63) is 36.0 Å². The summed E-state index contributed by atoms with van der Waals surface area (Å²) in [5, 5.41) is 3.95. The molecular weight excluding hydrogens is 252 g/mol. The Morgan fingerprint density at radius 1 is 1.33 bits per heavy atom. The number of hydrogen-bond donors (Lipinski definition) is 2. The molecule has 0 aliphatic heterocycles. The maximum atomic E-state index is 12.1. The van der Waals surface area contributed by atoms with Gasteiger partial charge in [-0.05, 0) is 36.8 Å². The van der Waals surface area contributed by atoms with Crippen molar-refractivity contribution in [3.63, 3.8) is 0 Å². The summed E-state index contributed by atoms with van der Waals surface area (Å²) in [7, 11) is -2.05. The molecule has 0 atom stereocenters. The number of aromatic nitrogens is 2. The number of benzene rings is 1. The molecule has 0 spiro atoms. The molecule has 6 nitrogen and oxygen atoms in total. The highest BCUT2D eigenvalue weighted by Gasteiger charge is 2.18. The Morgan fingerprint density at radius 2 is 2.06 bits per heavy atom. The van der Waals surface area contributed by atoms with Gasteiger partial charge in [0.2, 0.25) is 0 Å². The van der Waals surface area contributed by atoms with Crippen molar-refractivity contribution < 1.29 is 8.42 Å². The van der Waals surface area contributed by atoms with Gasteiger partial charge in [-0.1, -0.05) is 0 Å². The molecule has 7 heteroatoms. The summed E-state index contributed by atoms with van der Waals surface area (Å²) < 4.78 is 28.0. The summed E-state index contributed by atoms with van der Waals surface area (Å²) in [5.74, 6) is 0. The van der Waals surface area contributed by atoms with Crippen LogP contribution in [0, 0.1) is 6.92 Å². The molecule has 0 bridgehead atoms. The van der Waals surface area contributed by atoms with E-state index < -0.39 is 10.0 Å². The van der Waals surface area contributed by atoms with Crippen LogP contribution in [0.25, 0.3) is 0 Å². The maximum absolute atomic E-state index is 12.1. The van der Waals surface area contributed by atoms with Crippen LogP contribution in [-0.2, 0) is 17.1 Å². The molecule has 3 N–H and O–H groups in total. The largest absolute Gasteiger partial charge is 0.399 e. The topological polar surface area (TPSA) is 90.0 Å². The van der Waals surface area contributed by atoms with Gasteiger partial charge in [-0.3, -0.25) is 9.40 Å². The first-order chi connectivity index (χ1) is 8.40. The van der Waals surface area contributed by atoms with Crippen molar-refractivity contribution in [2.24, 2.45) is 7.05 Å². The number of aryl methyl sites for hydroxylation is 2. The highest BCUT2D eigenvalue weighted by Crippen LogP contribution is 2.21. The van der Waals surface area contributed by atoms with E-state index in [4.69, 9.17) is 5.73 Å². The molecule has 0 radical (unpaired) electrons. The first-order valence-electron chi connectivity index (χ1n) is 5.27. The number of sulfonamides is 1. The molecule has 0 saturated heterocycles. The third kappa shape index (κ3) is 2.30. The van der Waals surface area contributed by atoms with Crippen LogP contribution in [-0.4, -0.2) is 18.2 Å². The molecule has 1 aromatic heterocycles. The smallest absolute Gasteiger partial charge is 0.279 e. The van der Waals surface area contributed by atoms with Gasteiger partial charge in [0.1, 0.15) is 0 Å². The molecule has 0 aliphatic rings. The van der Waals surface area contributed by atoms with E-state index in [1.165, 1.54) is 16.9 Å². The molecule has 96 valence electrons. The van der Waals surface area contributed by atoms with Crippen LogP contribution >= 0.6 is 0 Å². The predicted molar refractivity (Wildman–Crippen MR) is 69.6 cm³/mol. The van der Waals surface area contributed by atoms with E-state index in [0.29, 0.717) is 11.4 Å². The third-order valence-corrected chi connectivity index (χ3v) is 3.99. The Bertz CT molecular complexity index is 676. The molecule has 0 unspecified atom stereocenters. The summed E-state index contributed by atoms with van der Waals surface area (Å²) in [6.07, 6.45) is 1.43. The molecule has 0 fully saturated rings. The number of nitrogen functional groups attached to an aromatic ring is 1. The molecule has 0 saturated carbocycles. The fourth-order valence-electron chi connectivity index (χ4n) is 1.62. The Morgan fingerprint density at radius 3 is 2.61 bits per heavy atom. The van der Waals surface area contributed by atoms with Gasteiger partial charge in [-0.25, -0.2) is 0 Å². The molecule has 0 aliphatic carbocycles. The second-order valence-electron chi connectivity index (χ2n) is 3.97. The highest BCUT2D eigenvalue weighted by atomic mass is 32.2. The average Bonchev–Trinajstić information content (AvgIpc) is 2.69. The van der Waals surface area contributed by atoms with Gasteiger partial charge < -0.3 is 5.73 Å². The van der Waals surface area contributed by atoms with E-state index in [1.54, 1.807) is 32.2 Å². The minimum absolute atomic E-state index is 0.110. The number of nitrogens with zero attached hydrogens (tertiary/aromatic N) is 2. The molecule has 1 heterocycles. The van der Waals surface area contributed by atoms with Crippen LogP contribution < -0.4 is 10.5 Å². The van der Waals surface area contributed by atoms with Crippen molar-refractivity contribution in [1.82, 2.24) is 9.78 Å². The quantitative estimate of drug-likeness (QED) is 0.814. The van der Waals surface area contributed by atoms with Crippen LogP contribution in [0.5, 0.6) is 0 Å². The summed E-state index contributed by atoms with van der Waals surface area (Å²) in [4.78, 5) is 0. The molecular formula is C11H14N4O2S. The molecule has 1 aromatic carbocycles. The third-order valence-electron chi connectivity index (χ3n) is 2.55. The second kappa shape index (κ2) is 4.34.